The molecule has 0 saturated carbocycles. The van der Waals surface area contributed by atoms with E-state index in [1.54, 1.807) is 6.08 Å². The van der Waals surface area contributed by atoms with Gasteiger partial charge in [0.2, 0.25) is 0 Å². The Morgan fingerprint density at radius 3 is 2.86 bits per heavy atom. The predicted molar refractivity (Wildman–Crippen MR) is 61.1 cm³/mol. The van der Waals surface area contributed by atoms with Crippen LogP contribution in [0, 0.1) is 0 Å². The Morgan fingerprint density at radius 2 is 2.21 bits per heavy atom. The Bertz CT molecular complexity index is 240. The van der Waals surface area contributed by atoms with Gasteiger partial charge in [0.05, 0.1) is 5.60 Å². The standard InChI is InChI=1S/C13H20O/c1-3-5-7-12-8-6-10-13(14,11-12)9-4-2/h3-4,11,14H,1-2,5-10H2/t13-/m0/s1. The van der Waals surface area contributed by atoms with Crippen molar-refractivity contribution in [1.82, 2.24) is 0 Å². The van der Waals surface area contributed by atoms with E-state index in [-0.39, 0.29) is 0 Å². The van der Waals surface area contributed by atoms with Crippen molar-refractivity contribution < 1.29 is 5.11 Å². The Balaban J connectivity index is 2.61. The Kier molecular flexibility index (Phi) is 4.15. The third-order valence-corrected chi connectivity index (χ3v) is 2.75. The monoisotopic (exact) mass is 192 g/mol. The first-order valence-electron chi connectivity index (χ1n) is 5.35. The third-order valence-electron chi connectivity index (χ3n) is 2.75. The first kappa shape index (κ1) is 11.3. The molecular formula is C13H20O. The van der Waals surface area contributed by atoms with Crippen molar-refractivity contribution in [3.8, 4) is 0 Å². The van der Waals surface area contributed by atoms with Crippen LogP contribution >= 0.6 is 0 Å². The summed E-state index contributed by atoms with van der Waals surface area (Å²) in [6.45, 7) is 7.39. The van der Waals surface area contributed by atoms with Crippen LogP contribution in [0.5, 0.6) is 0 Å². The minimum Gasteiger partial charge on any atom is -0.385 e. The lowest BCUT2D eigenvalue weighted by Crippen LogP contribution is -2.28. The van der Waals surface area contributed by atoms with Crippen molar-refractivity contribution in [2.45, 2.75) is 44.1 Å². The lowest BCUT2D eigenvalue weighted by molar-refractivity contribution is 0.0758. The SMILES string of the molecule is C=CCCC1=C[C@](O)(CC=C)CCC1. The molecule has 0 unspecified atom stereocenters. The molecule has 14 heavy (non-hydrogen) atoms. The highest BCUT2D eigenvalue weighted by Crippen LogP contribution is 2.31. The number of hydrogen-bond donors (Lipinski definition) is 1. The van der Waals surface area contributed by atoms with Gasteiger partial charge < -0.3 is 5.11 Å². The minimum absolute atomic E-state index is 0.615. The van der Waals surface area contributed by atoms with Crippen molar-refractivity contribution >= 4 is 0 Å². The van der Waals surface area contributed by atoms with Crippen LogP contribution in [-0.2, 0) is 0 Å². The fourth-order valence-corrected chi connectivity index (χ4v) is 2.04. The molecule has 0 bridgehead atoms. The smallest absolute Gasteiger partial charge is 0.0864 e. The summed E-state index contributed by atoms with van der Waals surface area (Å²) >= 11 is 0. The van der Waals surface area contributed by atoms with Gasteiger partial charge in [0.15, 0.2) is 0 Å². The largest absolute Gasteiger partial charge is 0.385 e. The van der Waals surface area contributed by atoms with E-state index in [2.05, 4.69) is 13.2 Å². The average molecular weight is 192 g/mol. The fourth-order valence-electron chi connectivity index (χ4n) is 2.04. The summed E-state index contributed by atoms with van der Waals surface area (Å²) in [5.74, 6) is 0. The van der Waals surface area contributed by atoms with Gasteiger partial charge in [-0.1, -0.05) is 23.8 Å². The quantitative estimate of drug-likeness (QED) is 0.662. The molecule has 0 amide bonds. The summed E-state index contributed by atoms with van der Waals surface area (Å²) in [5.41, 5.74) is 0.761. The lowest BCUT2D eigenvalue weighted by Gasteiger charge is -2.29. The van der Waals surface area contributed by atoms with E-state index in [1.807, 2.05) is 12.2 Å². The van der Waals surface area contributed by atoms with Gasteiger partial charge in [-0.15, -0.1) is 13.2 Å². The molecule has 1 nitrogen and oxygen atoms in total. The van der Waals surface area contributed by atoms with E-state index in [0.29, 0.717) is 6.42 Å². The molecule has 78 valence electrons. The summed E-state index contributed by atoms with van der Waals surface area (Å²) < 4.78 is 0. The van der Waals surface area contributed by atoms with Gasteiger partial charge in [-0.2, -0.15) is 0 Å². The van der Waals surface area contributed by atoms with Crippen LogP contribution in [0.1, 0.15) is 38.5 Å². The molecule has 1 aliphatic rings. The summed E-state index contributed by atoms with van der Waals surface area (Å²) in [5, 5.41) is 10.2. The van der Waals surface area contributed by atoms with Crippen molar-refractivity contribution in [2.75, 3.05) is 0 Å². The number of hydrogen-bond acceptors (Lipinski definition) is 1. The van der Waals surface area contributed by atoms with Gasteiger partial charge in [0, 0.05) is 0 Å². The summed E-state index contributed by atoms with van der Waals surface area (Å²) in [4.78, 5) is 0. The second-order valence-electron chi connectivity index (χ2n) is 4.08. The first-order valence-corrected chi connectivity index (χ1v) is 5.35. The van der Waals surface area contributed by atoms with E-state index in [1.165, 1.54) is 5.57 Å². The van der Waals surface area contributed by atoms with Gasteiger partial charge >= 0.3 is 0 Å². The highest BCUT2D eigenvalue weighted by atomic mass is 16.3. The highest BCUT2D eigenvalue weighted by Gasteiger charge is 2.25. The van der Waals surface area contributed by atoms with Crippen molar-refractivity contribution in [3.05, 3.63) is 37.0 Å². The molecular weight excluding hydrogens is 172 g/mol. The van der Waals surface area contributed by atoms with Gasteiger partial charge in [-0.05, 0) is 38.5 Å². The zero-order valence-corrected chi connectivity index (χ0v) is 8.84. The Morgan fingerprint density at radius 1 is 1.43 bits per heavy atom. The zero-order valence-electron chi connectivity index (χ0n) is 8.84. The number of allylic oxidation sites excluding steroid dienone is 2. The second kappa shape index (κ2) is 5.16. The molecule has 0 aromatic heterocycles. The molecule has 1 rings (SSSR count). The maximum atomic E-state index is 10.2. The predicted octanol–water partition coefficient (Wildman–Crippen LogP) is 3.37. The molecule has 0 spiro atoms. The fraction of sp³-hybridized carbons (Fsp3) is 0.538. The van der Waals surface area contributed by atoms with E-state index in [0.717, 1.165) is 32.1 Å². The average Bonchev–Trinajstić information content (AvgIpc) is 2.15. The molecule has 0 heterocycles. The molecule has 0 fully saturated rings. The van der Waals surface area contributed by atoms with Crippen LogP contribution in [0.4, 0.5) is 0 Å². The molecule has 0 radical (unpaired) electrons. The van der Waals surface area contributed by atoms with E-state index < -0.39 is 5.60 Å². The Labute approximate surface area is 86.8 Å². The summed E-state index contributed by atoms with van der Waals surface area (Å²) in [6, 6.07) is 0. The van der Waals surface area contributed by atoms with Crippen LogP contribution in [0.15, 0.2) is 37.0 Å². The first-order chi connectivity index (χ1) is 6.70. The van der Waals surface area contributed by atoms with Crippen molar-refractivity contribution in [3.63, 3.8) is 0 Å². The number of rotatable bonds is 5. The third kappa shape index (κ3) is 3.15. The topological polar surface area (TPSA) is 20.2 Å². The van der Waals surface area contributed by atoms with Crippen LogP contribution in [0.25, 0.3) is 0 Å². The van der Waals surface area contributed by atoms with Gasteiger partial charge in [0.25, 0.3) is 0 Å². The van der Waals surface area contributed by atoms with Crippen molar-refractivity contribution in [1.29, 1.82) is 0 Å². The van der Waals surface area contributed by atoms with Crippen LogP contribution in [0.2, 0.25) is 0 Å². The van der Waals surface area contributed by atoms with Gasteiger partial charge in [-0.25, -0.2) is 0 Å². The molecule has 1 aliphatic carbocycles. The number of aliphatic hydroxyl groups is 1. The Hall–Kier alpha value is -0.820. The van der Waals surface area contributed by atoms with Gasteiger partial charge in [0.1, 0.15) is 0 Å². The highest BCUT2D eigenvalue weighted by molar-refractivity contribution is 5.16. The zero-order chi connectivity index (χ0) is 10.4. The molecule has 0 aromatic rings. The summed E-state index contributed by atoms with van der Waals surface area (Å²) in [7, 11) is 0. The van der Waals surface area contributed by atoms with Crippen LogP contribution < -0.4 is 0 Å². The lowest BCUT2D eigenvalue weighted by atomic mass is 9.83. The van der Waals surface area contributed by atoms with E-state index in [9.17, 15) is 5.11 Å². The van der Waals surface area contributed by atoms with E-state index >= 15 is 0 Å². The molecule has 1 heteroatoms. The summed E-state index contributed by atoms with van der Waals surface area (Å²) in [6.07, 6.45) is 11.6. The van der Waals surface area contributed by atoms with E-state index in [4.69, 9.17) is 0 Å². The van der Waals surface area contributed by atoms with Crippen molar-refractivity contribution in [2.24, 2.45) is 0 Å². The maximum absolute atomic E-state index is 10.2. The normalized spacial score (nSPS) is 26.8. The minimum atomic E-state index is -0.615. The molecule has 0 aliphatic heterocycles. The molecule has 1 atom stereocenters. The van der Waals surface area contributed by atoms with Gasteiger partial charge in [-0.3, -0.25) is 0 Å². The second-order valence-corrected chi connectivity index (χ2v) is 4.08. The molecule has 0 saturated heterocycles. The molecule has 0 aromatic carbocycles. The maximum Gasteiger partial charge on any atom is 0.0864 e. The van der Waals surface area contributed by atoms with Crippen LogP contribution in [0.3, 0.4) is 0 Å². The van der Waals surface area contributed by atoms with Crippen LogP contribution in [-0.4, -0.2) is 10.7 Å². The molecule has 1 N–H and O–H groups in total.